The molecule has 1 heterocycles. The summed E-state index contributed by atoms with van der Waals surface area (Å²) >= 11 is 0. The number of aromatic nitrogens is 1. The van der Waals surface area contributed by atoms with Gasteiger partial charge in [0.2, 0.25) is 0 Å². The molecule has 96 valence electrons. The smallest absolute Gasteiger partial charge is 0.160 e. The average Bonchev–Trinajstić information content (AvgIpc) is 2.84. The van der Waals surface area contributed by atoms with Crippen LogP contribution < -0.4 is 0 Å². The van der Waals surface area contributed by atoms with Crippen molar-refractivity contribution in [2.24, 2.45) is 0 Å². The third-order valence-electron chi connectivity index (χ3n) is 3.73. The first-order chi connectivity index (χ1) is 9.17. The second-order valence-corrected chi connectivity index (χ2v) is 10.2. The summed E-state index contributed by atoms with van der Waals surface area (Å²) in [6.07, 6.45) is 2.26. The Labute approximate surface area is 115 Å². The van der Waals surface area contributed by atoms with E-state index in [1.54, 1.807) is 0 Å². The second-order valence-electron chi connectivity index (χ2n) is 5.72. The molecule has 0 saturated carbocycles. The van der Waals surface area contributed by atoms with Gasteiger partial charge in [0, 0.05) is 5.52 Å². The molecule has 19 heavy (non-hydrogen) atoms. The Bertz CT molecular complexity index is 683. The van der Waals surface area contributed by atoms with E-state index < -0.39 is 8.24 Å². The van der Waals surface area contributed by atoms with Crippen LogP contribution in [-0.2, 0) is 6.04 Å². The van der Waals surface area contributed by atoms with Gasteiger partial charge < -0.3 is 4.23 Å². The summed E-state index contributed by atoms with van der Waals surface area (Å²) in [5.41, 5.74) is 2.81. The van der Waals surface area contributed by atoms with Crippen molar-refractivity contribution in [1.29, 1.82) is 0 Å². The number of para-hydroxylation sites is 1. The predicted octanol–water partition coefficient (Wildman–Crippen LogP) is 4.48. The fraction of sp³-hybridized carbons (Fsp3) is 0.176. The molecule has 1 nitrogen and oxygen atoms in total. The van der Waals surface area contributed by atoms with E-state index >= 15 is 0 Å². The third kappa shape index (κ3) is 2.36. The summed E-state index contributed by atoms with van der Waals surface area (Å²) < 4.78 is 2.52. The van der Waals surface area contributed by atoms with E-state index in [1.165, 1.54) is 22.5 Å². The maximum Gasteiger partial charge on any atom is 0.160 e. The van der Waals surface area contributed by atoms with Crippen molar-refractivity contribution in [3.05, 3.63) is 72.4 Å². The average molecular weight is 265 g/mol. The number of rotatable bonds is 3. The van der Waals surface area contributed by atoms with Crippen molar-refractivity contribution in [3.63, 3.8) is 0 Å². The Morgan fingerprint density at radius 2 is 1.53 bits per heavy atom. The largest absolute Gasteiger partial charge is 0.374 e. The van der Waals surface area contributed by atoms with Gasteiger partial charge in [0.15, 0.2) is 8.24 Å². The van der Waals surface area contributed by atoms with Gasteiger partial charge in [0.25, 0.3) is 0 Å². The zero-order valence-electron chi connectivity index (χ0n) is 11.5. The lowest BCUT2D eigenvalue weighted by Gasteiger charge is -2.26. The van der Waals surface area contributed by atoms with Gasteiger partial charge in [-0.1, -0.05) is 61.6 Å². The molecular weight excluding hydrogens is 246 g/mol. The van der Waals surface area contributed by atoms with Crippen molar-refractivity contribution >= 4 is 19.1 Å². The molecule has 2 aromatic carbocycles. The SMILES string of the molecule is C[Si](C)(Cc1ccccc1)n1ccc2ccccc21. The highest BCUT2D eigenvalue weighted by Crippen LogP contribution is 2.22. The lowest BCUT2D eigenvalue weighted by molar-refractivity contribution is 1.13. The normalized spacial score (nSPS) is 11.9. The lowest BCUT2D eigenvalue weighted by atomic mass is 10.2. The fourth-order valence-electron chi connectivity index (χ4n) is 2.79. The first-order valence-corrected chi connectivity index (χ1v) is 9.93. The van der Waals surface area contributed by atoms with Crippen LogP contribution in [0.25, 0.3) is 10.9 Å². The van der Waals surface area contributed by atoms with E-state index in [0.717, 1.165) is 0 Å². The number of benzene rings is 2. The van der Waals surface area contributed by atoms with Crippen molar-refractivity contribution in [1.82, 2.24) is 4.23 Å². The van der Waals surface area contributed by atoms with E-state index in [2.05, 4.69) is 84.2 Å². The van der Waals surface area contributed by atoms with E-state index in [-0.39, 0.29) is 0 Å². The topological polar surface area (TPSA) is 4.93 Å². The Morgan fingerprint density at radius 1 is 0.842 bits per heavy atom. The van der Waals surface area contributed by atoms with Gasteiger partial charge in [0.1, 0.15) is 0 Å². The maximum absolute atomic E-state index is 2.52. The van der Waals surface area contributed by atoms with Crippen LogP contribution in [-0.4, -0.2) is 12.5 Å². The van der Waals surface area contributed by atoms with Crippen molar-refractivity contribution in [3.8, 4) is 0 Å². The zero-order chi connectivity index (χ0) is 13.3. The molecule has 0 unspecified atom stereocenters. The molecule has 0 bridgehead atoms. The van der Waals surface area contributed by atoms with Gasteiger partial charge in [0.05, 0.1) is 0 Å². The first-order valence-electron chi connectivity index (χ1n) is 6.77. The zero-order valence-corrected chi connectivity index (χ0v) is 12.5. The Hall–Kier alpha value is -1.80. The van der Waals surface area contributed by atoms with Crippen LogP contribution in [0.4, 0.5) is 0 Å². The Morgan fingerprint density at radius 3 is 2.32 bits per heavy atom. The molecule has 0 fully saturated rings. The highest BCUT2D eigenvalue weighted by Gasteiger charge is 2.25. The van der Waals surface area contributed by atoms with E-state index in [4.69, 9.17) is 0 Å². The van der Waals surface area contributed by atoms with Crippen LogP contribution >= 0.6 is 0 Å². The molecule has 1 aromatic heterocycles. The summed E-state index contributed by atoms with van der Waals surface area (Å²) in [6, 6.07) is 22.9. The fourth-order valence-corrected chi connectivity index (χ4v) is 5.53. The molecular formula is C17H19NSi. The number of fused-ring (bicyclic) bond motifs is 1. The third-order valence-corrected chi connectivity index (χ3v) is 6.70. The molecule has 3 rings (SSSR count). The van der Waals surface area contributed by atoms with E-state index in [1.807, 2.05) is 0 Å². The lowest BCUT2D eigenvalue weighted by Crippen LogP contribution is -2.38. The number of hydrogen-bond acceptors (Lipinski definition) is 0. The van der Waals surface area contributed by atoms with Gasteiger partial charge in [-0.15, -0.1) is 0 Å². The monoisotopic (exact) mass is 265 g/mol. The van der Waals surface area contributed by atoms with Crippen LogP contribution in [0.5, 0.6) is 0 Å². The minimum atomic E-state index is -1.52. The minimum absolute atomic E-state index is 1.17. The molecule has 0 atom stereocenters. The molecule has 0 aliphatic heterocycles. The molecule has 0 N–H and O–H groups in total. The van der Waals surface area contributed by atoms with E-state index in [0.29, 0.717) is 0 Å². The Balaban J connectivity index is 2.00. The second kappa shape index (κ2) is 4.70. The summed E-state index contributed by atoms with van der Waals surface area (Å²) in [4.78, 5) is 0. The summed E-state index contributed by atoms with van der Waals surface area (Å²) in [5, 5.41) is 1.34. The van der Waals surface area contributed by atoms with Crippen LogP contribution in [0.3, 0.4) is 0 Å². The predicted molar refractivity (Wildman–Crippen MR) is 85.0 cm³/mol. The molecule has 0 saturated heterocycles. The molecule has 3 aromatic rings. The molecule has 2 heteroatoms. The minimum Gasteiger partial charge on any atom is -0.374 e. The molecule has 0 spiro atoms. The maximum atomic E-state index is 2.52. The summed E-state index contributed by atoms with van der Waals surface area (Å²) in [5.74, 6) is 0. The Kier molecular flexibility index (Phi) is 3.03. The highest BCUT2D eigenvalue weighted by atomic mass is 28.3. The van der Waals surface area contributed by atoms with Gasteiger partial charge in [-0.2, -0.15) is 0 Å². The first kappa shape index (κ1) is 12.2. The van der Waals surface area contributed by atoms with Crippen LogP contribution in [0.1, 0.15) is 5.56 Å². The summed E-state index contributed by atoms with van der Waals surface area (Å²) in [6.45, 7) is 4.87. The standard InChI is InChI=1S/C17H19NSi/c1-19(2,14-15-8-4-3-5-9-15)18-13-12-16-10-6-7-11-17(16)18/h3-13H,14H2,1-2H3. The number of hydrogen-bond donors (Lipinski definition) is 0. The molecule has 0 amide bonds. The van der Waals surface area contributed by atoms with Crippen molar-refractivity contribution < 1.29 is 0 Å². The van der Waals surface area contributed by atoms with Crippen LogP contribution in [0, 0.1) is 0 Å². The molecule has 0 radical (unpaired) electrons. The van der Waals surface area contributed by atoms with Gasteiger partial charge in [-0.05, 0) is 35.3 Å². The molecule has 0 aliphatic carbocycles. The van der Waals surface area contributed by atoms with Crippen LogP contribution in [0.2, 0.25) is 13.1 Å². The van der Waals surface area contributed by atoms with Gasteiger partial charge in [-0.25, -0.2) is 0 Å². The van der Waals surface area contributed by atoms with E-state index in [9.17, 15) is 0 Å². The summed E-state index contributed by atoms with van der Waals surface area (Å²) in [7, 11) is -1.52. The number of nitrogens with zero attached hydrogens (tertiary/aromatic N) is 1. The molecule has 0 aliphatic rings. The van der Waals surface area contributed by atoms with Crippen molar-refractivity contribution in [2.45, 2.75) is 19.1 Å². The van der Waals surface area contributed by atoms with Crippen molar-refractivity contribution in [2.75, 3.05) is 0 Å². The van der Waals surface area contributed by atoms with Crippen LogP contribution in [0.15, 0.2) is 66.9 Å². The quantitative estimate of drug-likeness (QED) is 0.615. The van der Waals surface area contributed by atoms with Gasteiger partial charge >= 0.3 is 0 Å². The van der Waals surface area contributed by atoms with Gasteiger partial charge in [-0.3, -0.25) is 0 Å². The highest BCUT2D eigenvalue weighted by molar-refractivity contribution is 6.76.